The smallest absolute Gasteiger partial charge is 0.433 e. The zero-order chi connectivity index (χ0) is 35.3. The van der Waals surface area contributed by atoms with Crippen LogP contribution in [0.1, 0.15) is 108 Å². The number of halogens is 5. The van der Waals surface area contributed by atoms with Crippen LogP contribution in [-0.4, -0.2) is 59.6 Å². The van der Waals surface area contributed by atoms with Crippen molar-refractivity contribution in [2.45, 2.75) is 111 Å². The number of esters is 1. The Hall–Kier alpha value is -2.15. The summed E-state index contributed by atoms with van der Waals surface area (Å²) in [6.45, 7) is 15.8. The van der Waals surface area contributed by atoms with Gasteiger partial charge in [-0.1, -0.05) is 71.7 Å². The summed E-state index contributed by atoms with van der Waals surface area (Å²) in [7, 11) is -2.34. The van der Waals surface area contributed by atoms with Crippen LogP contribution in [0.2, 0.25) is 28.2 Å². The molecule has 1 amide bonds. The zero-order valence-electron chi connectivity index (χ0n) is 28.7. The number of aromatic nitrogens is 3. The molecule has 4 atom stereocenters. The lowest BCUT2D eigenvalue weighted by Gasteiger charge is -2.38. The van der Waals surface area contributed by atoms with Gasteiger partial charge >= 0.3 is 12.1 Å². The van der Waals surface area contributed by atoms with Crippen LogP contribution in [0.3, 0.4) is 0 Å². The number of carbonyl (C=O) groups is 2. The number of nitrogens with zero attached hydrogens (tertiary/aromatic N) is 4. The third-order valence-corrected chi connectivity index (χ3v) is 14.5. The van der Waals surface area contributed by atoms with Gasteiger partial charge in [0.25, 0.3) is 5.91 Å². The second-order valence-corrected chi connectivity index (χ2v) is 19.3. The Morgan fingerprint density at radius 1 is 1.04 bits per heavy atom. The van der Waals surface area contributed by atoms with E-state index >= 15 is 0 Å². The molecule has 0 bridgehead atoms. The molecule has 2 aromatic rings. The van der Waals surface area contributed by atoms with Gasteiger partial charge in [0.15, 0.2) is 14.0 Å². The second kappa shape index (κ2) is 16.0. The van der Waals surface area contributed by atoms with E-state index in [2.05, 4.69) is 30.9 Å². The Kier molecular flexibility index (Phi) is 13.4. The van der Waals surface area contributed by atoms with Crippen LogP contribution in [0.15, 0.2) is 18.6 Å². The zero-order valence-corrected chi connectivity index (χ0v) is 31.2. The summed E-state index contributed by atoms with van der Waals surface area (Å²) >= 11 is 13.2. The van der Waals surface area contributed by atoms with E-state index in [4.69, 9.17) is 32.4 Å². The molecule has 47 heavy (non-hydrogen) atoms. The number of alkyl halides is 3. The molecule has 0 radical (unpaired) electrons. The van der Waals surface area contributed by atoms with Crippen LogP contribution in [0.5, 0.6) is 0 Å². The van der Waals surface area contributed by atoms with Crippen molar-refractivity contribution in [2.24, 2.45) is 17.3 Å². The molecule has 3 rings (SSSR count). The Morgan fingerprint density at radius 2 is 1.64 bits per heavy atom. The van der Waals surface area contributed by atoms with E-state index in [0.717, 1.165) is 29.0 Å². The fraction of sp³-hybridized carbons (Fsp3) is 0.697. The molecule has 0 aromatic carbocycles. The molecular formula is C33H49Cl2F3N4O4Si. The van der Waals surface area contributed by atoms with Gasteiger partial charge in [0.05, 0.1) is 53.0 Å². The average molecular weight is 722 g/mol. The predicted molar refractivity (Wildman–Crippen MR) is 180 cm³/mol. The summed E-state index contributed by atoms with van der Waals surface area (Å²) in [5.74, 6) is -1.76. The van der Waals surface area contributed by atoms with Crippen LogP contribution >= 0.6 is 23.2 Å². The summed E-state index contributed by atoms with van der Waals surface area (Å²) in [5, 5.41) is 4.68. The van der Waals surface area contributed by atoms with Gasteiger partial charge in [-0.2, -0.15) is 18.3 Å². The second-order valence-electron chi connectivity index (χ2n) is 13.8. The highest BCUT2D eigenvalue weighted by Crippen LogP contribution is 2.42. The summed E-state index contributed by atoms with van der Waals surface area (Å²) in [6, 6.07) is 1.75. The lowest BCUT2D eigenvalue weighted by atomic mass is 9.78. The Morgan fingerprint density at radius 3 is 2.13 bits per heavy atom. The van der Waals surface area contributed by atoms with Crippen LogP contribution in [0, 0.1) is 17.3 Å². The lowest BCUT2D eigenvalue weighted by Crippen LogP contribution is -2.45. The molecule has 0 N–H and O–H groups in total. The first kappa shape index (κ1) is 39.3. The first-order valence-electron chi connectivity index (χ1n) is 16.5. The van der Waals surface area contributed by atoms with Gasteiger partial charge in [-0.3, -0.25) is 19.3 Å². The van der Waals surface area contributed by atoms with Crippen LogP contribution in [-0.2, 0) is 20.1 Å². The Labute approximate surface area is 287 Å². The van der Waals surface area contributed by atoms with Crippen molar-refractivity contribution >= 4 is 43.4 Å². The third kappa shape index (κ3) is 9.51. The Bertz CT molecular complexity index is 1350. The molecule has 0 aliphatic heterocycles. The molecule has 264 valence electrons. The first-order chi connectivity index (χ1) is 21.9. The van der Waals surface area contributed by atoms with E-state index < -0.39 is 55.1 Å². The molecule has 2 aromatic heterocycles. The van der Waals surface area contributed by atoms with Crippen molar-refractivity contribution in [1.82, 2.24) is 19.7 Å². The van der Waals surface area contributed by atoms with Crippen LogP contribution in [0.25, 0.3) is 0 Å². The van der Waals surface area contributed by atoms with Crippen LogP contribution < -0.4 is 0 Å². The van der Waals surface area contributed by atoms with E-state index in [-0.39, 0.29) is 41.6 Å². The maximum Gasteiger partial charge on any atom is 0.433 e. The van der Waals surface area contributed by atoms with E-state index in [1.165, 1.54) is 17.3 Å². The minimum atomic E-state index is -4.86. The molecule has 0 spiro atoms. The molecule has 1 saturated carbocycles. The first-order valence-corrected chi connectivity index (χ1v) is 19.8. The summed E-state index contributed by atoms with van der Waals surface area (Å²) in [4.78, 5) is 32.3. The minimum Gasteiger partial charge on any atom is -0.466 e. The van der Waals surface area contributed by atoms with Crippen LogP contribution in [0.4, 0.5) is 13.2 Å². The highest BCUT2D eigenvalue weighted by Gasteiger charge is 2.45. The normalized spacial score (nSPS) is 19.8. The van der Waals surface area contributed by atoms with Crippen molar-refractivity contribution < 1.29 is 31.9 Å². The number of hydrogen-bond acceptors (Lipinski definition) is 6. The number of rotatable bonds is 13. The Balaban J connectivity index is 2.08. The monoisotopic (exact) mass is 720 g/mol. The maximum absolute atomic E-state index is 14.9. The molecule has 1 aliphatic carbocycles. The molecule has 0 saturated heterocycles. The summed E-state index contributed by atoms with van der Waals surface area (Å²) in [5.41, 5.74) is -1.64. The highest BCUT2D eigenvalue weighted by molar-refractivity contribution is 6.73. The van der Waals surface area contributed by atoms with E-state index in [0.29, 0.717) is 24.8 Å². The predicted octanol–water partition coefficient (Wildman–Crippen LogP) is 9.40. The molecular weight excluding hydrogens is 672 g/mol. The van der Waals surface area contributed by atoms with Gasteiger partial charge in [-0.05, 0) is 55.7 Å². The topological polar surface area (TPSA) is 86.6 Å². The number of carbonyl (C=O) groups excluding carboxylic acids is 2. The fourth-order valence-electron chi connectivity index (χ4n) is 6.65. The number of pyridine rings is 1. The van der Waals surface area contributed by atoms with Gasteiger partial charge in [0, 0.05) is 24.5 Å². The van der Waals surface area contributed by atoms with E-state index in [9.17, 15) is 22.8 Å². The minimum absolute atomic E-state index is 0.0710. The standard InChI is InChI=1S/C33H49Cl2F3N4O4Si/c1-9-45-31(44)23-14-13-22(15-21(23)5)42-29(33(36,37)38)24(16-40-42)30(43)41(20-32(6,7)8)19-27(46-47(10-2,11-3)12-4)28-25(34)17-39-18-26(28)35/h16-18,21-23,27H,9-15,19-20H2,1-8H3/t21-,22-,23-,27+/m0/s1. The molecule has 2 heterocycles. The van der Waals surface area contributed by atoms with Crippen molar-refractivity contribution in [3.63, 3.8) is 0 Å². The maximum atomic E-state index is 14.9. The lowest BCUT2D eigenvalue weighted by molar-refractivity contribution is -0.153. The quantitative estimate of drug-likeness (QED) is 0.151. The molecule has 14 heteroatoms. The average Bonchev–Trinajstić information content (AvgIpc) is 3.44. The molecule has 1 fully saturated rings. The van der Waals surface area contributed by atoms with Crippen molar-refractivity contribution in [3.05, 3.63) is 45.5 Å². The van der Waals surface area contributed by atoms with Gasteiger partial charge in [0.1, 0.15) is 0 Å². The third-order valence-electron chi connectivity index (χ3n) is 9.25. The number of ether oxygens (including phenoxy) is 1. The van der Waals surface area contributed by atoms with E-state index in [1.54, 1.807) is 6.92 Å². The van der Waals surface area contributed by atoms with E-state index in [1.807, 2.05) is 27.7 Å². The summed E-state index contributed by atoms with van der Waals surface area (Å²) in [6.07, 6.45) is -0.778. The van der Waals surface area contributed by atoms with Gasteiger partial charge < -0.3 is 14.1 Å². The number of hydrogen-bond donors (Lipinski definition) is 0. The van der Waals surface area contributed by atoms with Crippen molar-refractivity contribution in [2.75, 3.05) is 19.7 Å². The molecule has 0 unspecified atom stereocenters. The highest BCUT2D eigenvalue weighted by atomic mass is 35.5. The SMILES string of the molecule is CCOC(=O)[C@H]1CC[C@H](n2ncc(C(=O)N(C[C@@H](O[Si](CC)(CC)CC)c3c(Cl)cncc3Cl)CC(C)(C)C)c2C(F)(F)F)C[C@@H]1C. The molecule has 8 nitrogen and oxygen atoms in total. The van der Waals surface area contributed by atoms with Gasteiger partial charge in [-0.25, -0.2) is 0 Å². The fourth-order valence-corrected chi connectivity index (χ4v) is 10.1. The molecule has 1 aliphatic rings. The van der Waals surface area contributed by atoms with Crippen molar-refractivity contribution in [3.8, 4) is 0 Å². The summed E-state index contributed by atoms with van der Waals surface area (Å²) < 4.78 is 57.7. The van der Waals surface area contributed by atoms with Gasteiger partial charge in [0.2, 0.25) is 0 Å². The number of amides is 1. The largest absolute Gasteiger partial charge is 0.466 e. The van der Waals surface area contributed by atoms with Crippen molar-refractivity contribution in [1.29, 1.82) is 0 Å². The van der Waals surface area contributed by atoms with Gasteiger partial charge in [-0.15, -0.1) is 0 Å².